The van der Waals surface area contributed by atoms with Gasteiger partial charge in [-0.3, -0.25) is 0 Å². The number of aromatic nitrogens is 4. The summed E-state index contributed by atoms with van der Waals surface area (Å²) in [4.78, 5) is 12.3. The van der Waals surface area contributed by atoms with Crippen molar-refractivity contribution in [3.05, 3.63) is 24.5 Å². The molecule has 0 radical (unpaired) electrons. The number of nitrogens with one attached hydrogen (secondary N) is 1. The Morgan fingerprint density at radius 2 is 2.44 bits per heavy atom. The Labute approximate surface area is 104 Å². The summed E-state index contributed by atoms with van der Waals surface area (Å²) in [7, 11) is 1.70. The molecule has 1 aliphatic heterocycles. The summed E-state index contributed by atoms with van der Waals surface area (Å²) in [6.45, 7) is 0.798. The Balaban J connectivity index is 1.78. The molecule has 1 N–H and O–H groups in total. The highest BCUT2D eigenvalue weighted by atomic mass is 16.5. The van der Waals surface area contributed by atoms with Gasteiger partial charge in [-0.2, -0.15) is 4.98 Å². The molecule has 0 saturated carbocycles. The van der Waals surface area contributed by atoms with E-state index in [1.807, 2.05) is 0 Å². The molecule has 1 fully saturated rings. The fourth-order valence-corrected chi connectivity index (χ4v) is 1.97. The van der Waals surface area contributed by atoms with Gasteiger partial charge in [-0.15, -0.1) is 0 Å². The van der Waals surface area contributed by atoms with E-state index >= 15 is 0 Å². The van der Waals surface area contributed by atoms with Gasteiger partial charge in [0.05, 0.1) is 12.1 Å². The van der Waals surface area contributed by atoms with E-state index in [4.69, 9.17) is 9.26 Å². The number of rotatable bonds is 3. The predicted molar refractivity (Wildman–Crippen MR) is 61.5 cm³/mol. The molecule has 0 aromatic carbocycles. The molecule has 0 bridgehead atoms. The molecule has 2 atom stereocenters. The van der Waals surface area contributed by atoms with Crippen molar-refractivity contribution in [2.24, 2.45) is 0 Å². The molecular formula is C11H13N5O2. The lowest BCUT2D eigenvalue weighted by Crippen LogP contribution is -2.16. The molecule has 2 unspecified atom stereocenters. The fraction of sp³-hybridized carbons (Fsp3) is 0.455. The molecular weight excluding hydrogens is 234 g/mol. The summed E-state index contributed by atoms with van der Waals surface area (Å²) in [5.41, 5.74) is 0.654. The first-order chi connectivity index (χ1) is 8.86. The zero-order chi connectivity index (χ0) is 12.4. The van der Waals surface area contributed by atoms with Crippen LogP contribution in [-0.4, -0.2) is 39.9 Å². The van der Waals surface area contributed by atoms with Gasteiger partial charge in [-0.1, -0.05) is 5.16 Å². The maximum Gasteiger partial charge on any atom is 0.244 e. The highest BCUT2D eigenvalue weighted by Gasteiger charge is 2.29. The van der Waals surface area contributed by atoms with Gasteiger partial charge in [-0.05, 0) is 12.5 Å². The lowest BCUT2D eigenvalue weighted by Gasteiger charge is -2.04. The largest absolute Gasteiger partial charge is 0.380 e. The second kappa shape index (κ2) is 4.79. The Kier molecular flexibility index (Phi) is 2.99. The lowest BCUT2D eigenvalue weighted by molar-refractivity contribution is 0.116. The van der Waals surface area contributed by atoms with Crippen LogP contribution in [0.5, 0.6) is 0 Å². The Morgan fingerprint density at radius 1 is 1.50 bits per heavy atom. The molecule has 7 nitrogen and oxygen atoms in total. The van der Waals surface area contributed by atoms with Crippen LogP contribution in [0.1, 0.15) is 18.4 Å². The van der Waals surface area contributed by atoms with Crippen molar-refractivity contribution in [1.29, 1.82) is 0 Å². The standard InChI is InChI=1S/C11H13N5O2/c1-17-7-4-9(13-5-7)11-15-10(16-18-11)8-2-3-12-6-14-8/h2-3,6-7,9,13H,4-5H2,1H3. The number of ether oxygens (including phenoxy) is 1. The van der Waals surface area contributed by atoms with E-state index in [0.29, 0.717) is 17.4 Å². The third-order valence-electron chi connectivity index (χ3n) is 2.97. The van der Waals surface area contributed by atoms with Crippen LogP contribution in [0.15, 0.2) is 23.1 Å². The molecule has 1 saturated heterocycles. The normalized spacial score (nSPS) is 23.4. The highest BCUT2D eigenvalue weighted by molar-refractivity contribution is 5.46. The van der Waals surface area contributed by atoms with Crippen molar-refractivity contribution < 1.29 is 9.26 Å². The third-order valence-corrected chi connectivity index (χ3v) is 2.97. The summed E-state index contributed by atoms with van der Waals surface area (Å²) in [5, 5.41) is 7.21. The molecule has 2 aromatic heterocycles. The second-order valence-electron chi connectivity index (χ2n) is 4.11. The quantitative estimate of drug-likeness (QED) is 0.848. The number of nitrogens with zero attached hydrogens (tertiary/aromatic N) is 4. The van der Waals surface area contributed by atoms with Gasteiger partial charge in [0, 0.05) is 19.9 Å². The first kappa shape index (κ1) is 11.2. The van der Waals surface area contributed by atoms with Gasteiger partial charge in [0.15, 0.2) is 0 Å². The minimum absolute atomic E-state index is 0.0537. The molecule has 3 rings (SSSR count). The Hall–Kier alpha value is -1.86. The predicted octanol–water partition coefficient (Wildman–Crippen LogP) is 0.576. The summed E-state index contributed by atoms with van der Waals surface area (Å²) in [5.74, 6) is 1.05. The Bertz CT molecular complexity index is 515. The maximum absolute atomic E-state index is 5.28. The zero-order valence-electron chi connectivity index (χ0n) is 9.91. The summed E-state index contributed by atoms with van der Waals surface area (Å²) < 4.78 is 10.5. The summed E-state index contributed by atoms with van der Waals surface area (Å²) in [6, 6.07) is 1.80. The molecule has 18 heavy (non-hydrogen) atoms. The van der Waals surface area contributed by atoms with E-state index in [9.17, 15) is 0 Å². The molecule has 94 valence electrons. The highest BCUT2D eigenvalue weighted by Crippen LogP contribution is 2.24. The van der Waals surface area contributed by atoms with E-state index in [1.165, 1.54) is 6.33 Å². The van der Waals surface area contributed by atoms with Crippen LogP contribution >= 0.6 is 0 Å². The van der Waals surface area contributed by atoms with Crippen molar-refractivity contribution >= 4 is 0 Å². The van der Waals surface area contributed by atoms with E-state index in [0.717, 1.165) is 13.0 Å². The van der Waals surface area contributed by atoms with E-state index in [-0.39, 0.29) is 12.1 Å². The van der Waals surface area contributed by atoms with Crippen LogP contribution in [-0.2, 0) is 4.74 Å². The van der Waals surface area contributed by atoms with E-state index in [1.54, 1.807) is 19.4 Å². The topological polar surface area (TPSA) is 86.0 Å². The monoisotopic (exact) mass is 247 g/mol. The fourth-order valence-electron chi connectivity index (χ4n) is 1.97. The smallest absolute Gasteiger partial charge is 0.244 e. The van der Waals surface area contributed by atoms with Crippen molar-refractivity contribution in [3.63, 3.8) is 0 Å². The van der Waals surface area contributed by atoms with Crippen molar-refractivity contribution in [1.82, 2.24) is 25.4 Å². The molecule has 7 heteroatoms. The van der Waals surface area contributed by atoms with E-state index < -0.39 is 0 Å². The molecule has 3 heterocycles. The van der Waals surface area contributed by atoms with Crippen molar-refractivity contribution in [2.45, 2.75) is 18.6 Å². The zero-order valence-corrected chi connectivity index (χ0v) is 9.91. The second-order valence-corrected chi connectivity index (χ2v) is 4.11. The summed E-state index contributed by atoms with van der Waals surface area (Å²) in [6.07, 6.45) is 4.14. The maximum atomic E-state index is 5.28. The number of hydrogen-bond donors (Lipinski definition) is 1. The van der Waals surface area contributed by atoms with Gasteiger partial charge in [0.2, 0.25) is 11.7 Å². The van der Waals surface area contributed by atoms with Crippen LogP contribution in [0.2, 0.25) is 0 Å². The van der Waals surface area contributed by atoms with Crippen LogP contribution in [0, 0.1) is 0 Å². The first-order valence-electron chi connectivity index (χ1n) is 5.73. The van der Waals surface area contributed by atoms with Crippen LogP contribution < -0.4 is 5.32 Å². The average Bonchev–Trinajstić information content (AvgIpc) is 3.08. The summed E-state index contributed by atoms with van der Waals surface area (Å²) >= 11 is 0. The Morgan fingerprint density at radius 3 is 3.17 bits per heavy atom. The minimum Gasteiger partial charge on any atom is -0.380 e. The van der Waals surface area contributed by atoms with Crippen molar-refractivity contribution in [2.75, 3.05) is 13.7 Å². The molecule has 1 aliphatic rings. The van der Waals surface area contributed by atoms with Gasteiger partial charge in [0.25, 0.3) is 0 Å². The number of methoxy groups -OCH3 is 1. The van der Waals surface area contributed by atoms with Crippen LogP contribution in [0.25, 0.3) is 11.5 Å². The first-order valence-corrected chi connectivity index (χ1v) is 5.73. The van der Waals surface area contributed by atoms with Crippen LogP contribution in [0.3, 0.4) is 0 Å². The van der Waals surface area contributed by atoms with Crippen LogP contribution in [0.4, 0.5) is 0 Å². The average molecular weight is 247 g/mol. The van der Waals surface area contributed by atoms with Crippen molar-refractivity contribution in [3.8, 4) is 11.5 Å². The molecule has 0 amide bonds. The lowest BCUT2D eigenvalue weighted by atomic mass is 10.2. The molecule has 2 aromatic rings. The third kappa shape index (κ3) is 2.09. The molecule has 0 spiro atoms. The molecule has 0 aliphatic carbocycles. The van der Waals surface area contributed by atoms with Gasteiger partial charge in [0.1, 0.15) is 12.0 Å². The van der Waals surface area contributed by atoms with Gasteiger partial charge < -0.3 is 14.6 Å². The SMILES string of the molecule is COC1CNC(c2nc(-c3ccncn3)no2)C1. The van der Waals surface area contributed by atoms with Gasteiger partial charge >= 0.3 is 0 Å². The van der Waals surface area contributed by atoms with E-state index in [2.05, 4.69) is 25.4 Å². The minimum atomic E-state index is 0.0537. The van der Waals surface area contributed by atoms with Gasteiger partial charge in [-0.25, -0.2) is 9.97 Å². The number of hydrogen-bond acceptors (Lipinski definition) is 7.